The van der Waals surface area contributed by atoms with Crippen molar-refractivity contribution >= 4 is 91.1 Å². The van der Waals surface area contributed by atoms with Crippen LogP contribution in [0.5, 0.6) is 0 Å². The number of carbonyl (C=O) groups excluding carboxylic acids is 2. The minimum Gasteiger partial charge on any atom is -0.512 e. The van der Waals surface area contributed by atoms with Crippen LogP contribution in [0.1, 0.15) is 134 Å². The van der Waals surface area contributed by atoms with Gasteiger partial charge in [0.05, 0.1) is 16.1 Å². The van der Waals surface area contributed by atoms with Gasteiger partial charge >= 0.3 is 0 Å². The van der Waals surface area contributed by atoms with E-state index >= 15 is 0 Å². The number of benzene rings is 4. The zero-order valence-electron chi connectivity index (χ0n) is 49.5. The molecule has 6 nitrogen and oxygen atoms in total. The van der Waals surface area contributed by atoms with Crippen LogP contribution in [0, 0.1) is 33.8 Å². The van der Waals surface area contributed by atoms with Gasteiger partial charge < -0.3 is 20.2 Å². The Hall–Kier alpha value is -3.85. The summed E-state index contributed by atoms with van der Waals surface area (Å²) in [7, 11) is -2.83. The molecule has 3 aromatic heterocycles. The van der Waals surface area contributed by atoms with Crippen molar-refractivity contribution in [1.29, 1.82) is 0 Å². The third kappa shape index (κ3) is 15.3. The Morgan fingerprint density at radius 3 is 1.09 bits per heavy atom. The number of hydrogen-bond donors (Lipinski definition) is 2. The van der Waals surface area contributed by atoms with Gasteiger partial charge in [-0.25, -0.2) is 11.3 Å². The summed E-state index contributed by atoms with van der Waals surface area (Å²) in [6.45, 7) is 38.5. The van der Waals surface area contributed by atoms with Crippen molar-refractivity contribution in [1.82, 2.24) is 9.97 Å². The molecule has 0 fully saturated rings. The number of hydrogen-bond acceptors (Lipinski definition) is 7. The normalized spacial score (nSPS) is 12.9. The minimum atomic E-state index is -1.42. The maximum absolute atomic E-state index is 12.2. The number of nitrogens with zero attached hydrogens (tertiary/aromatic N) is 2. The Morgan fingerprint density at radius 2 is 0.805 bits per heavy atom. The maximum atomic E-state index is 12.2. The van der Waals surface area contributed by atoms with Gasteiger partial charge in [0.1, 0.15) is 11.5 Å². The Labute approximate surface area is 498 Å². The van der Waals surface area contributed by atoms with Gasteiger partial charge in [-0.3, -0.25) is 9.59 Å². The van der Waals surface area contributed by atoms with Crippen molar-refractivity contribution in [3.63, 3.8) is 0 Å². The summed E-state index contributed by atoms with van der Waals surface area (Å²) in [6, 6.07) is 33.7. The van der Waals surface area contributed by atoms with Crippen LogP contribution in [0.4, 0.5) is 0 Å². The first-order valence-corrected chi connectivity index (χ1v) is 35.5. The predicted octanol–water partition coefficient (Wildman–Crippen LogP) is 18.5. The fourth-order valence-corrected chi connectivity index (χ4v) is 12.6. The molecule has 0 radical (unpaired) electrons. The number of rotatable bonds is 18. The largest absolute Gasteiger partial charge is 0.512 e. The fraction of sp³-hybridized carbons (Fsp3) is 0.455. The summed E-state index contributed by atoms with van der Waals surface area (Å²) >= 11 is 1.80. The van der Waals surface area contributed by atoms with E-state index < -0.39 is 16.1 Å². The average molecular weight is 1450 g/mol. The second-order valence-electron chi connectivity index (χ2n) is 23.9. The first-order chi connectivity index (χ1) is 35.1. The summed E-state index contributed by atoms with van der Waals surface area (Å²) in [4.78, 5) is 34.2. The molecule has 2 N–H and O–H groups in total. The molecular formula is C66H88N2O4Pt2SSi2-2. The van der Waals surface area contributed by atoms with Crippen LogP contribution in [0.15, 0.2) is 109 Å². The monoisotopic (exact) mass is 1450 g/mol. The Balaban J connectivity index is 0.000000363. The number of allylic oxidation sites excluding steroid dienone is 4. The number of pyridine rings is 2. The number of fused-ring (bicyclic) bond motifs is 5. The molecule has 0 unspecified atom stereocenters. The Bertz CT molecular complexity index is 2990. The van der Waals surface area contributed by atoms with Crippen LogP contribution in [-0.4, -0.2) is 47.9 Å². The Kier molecular flexibility index (Phi) is 24.1. The first-order valence-electron chi connectivity index (χ1n) is 27.6. The van der Waals surface area contributed by atoms with Crippen molar-refractivity contribution in [2.75, 3.05) is 0 Å². The number of ketones is 2. The van der Waals surface area contributed by atoms with Gasteiger partial charge in [0.25, 0.3) is 0 Å². The molecule has 0 bridgehead atoms. The first kappa shape index (κ1) is 67.4. The van der Waals surface area contributed by atoms with E-state index in [2.05, 4.69) is 112 Å². The molecule has 11 heteroatoms. The SMILES string of the molecule is CCC(C)(CC)C(=O)/C=C(\O)C(C)(CC)CC.CCC(C)(CC)C(=O)/C=C(\O)C(C)(CC)CC.C[Si](C)(C)c1ccc2cnc(-c3[c-]ccc4c3sc3c(-c5cc6cc([Si](C)(C)C)ccc6cn5)[c-]ccc34)cc2c1.[Pt].[Pt]. The van der Waals surface area contributed by atoms with Gasteiger partial charge in [0.2, 0.25) is 0 Å². The molecule has 0 atom stereocenters. The molecule has 0 aliphatic rings. The van der Waals surface area contributed by atoms with Crippen molar-refractivity contribution in [3.8, 4) is 22.5 Å². The van der Waals surface area contributed by atoms with Crippen molar-refractivity contribution in [2.45, 2.75) is 174 Å². The van der Waals surface area contributed by atoms with E-state index in [1.807, 2.05) is 108 Å². The molecule has 0 saturated heterocycles. The second-order valence-corrected chi connectivity index (χ2v) is 35.1. The van der Waals surface area contributed by atoms with Crippen LogP contribution in [0.3, 0.4) is 0 Å². The number of aromatic nitrogens is 2. The number of aliphatic hydroxyl groups is 2. The van der Waals surface area contributed by atoms with Crippen LogP contribution >= 0.6 is 11.3 Å². The Morgan fingerprint density at radius 1 is 0.494 bits per heavy atom. The van der Waals surface area contributed by atoms with Crippen molar-refractivity contribution in [3.05, 3.63) is 121 Å². The number of aliphatic hydroxyl groups excluding tert-OH is 2. The number of thiophene rings is 1. The smallest absolute Gasteiger partial charge is 0.164 e. The summed E-state index contributed by atoms with van der Waals surface area (Å²) in [5, 5.41) is 30.5. The van der Waals surface area contributed by atoms with Crippen molar-refractivity contribution < 1.29 is 61.9 Å². The standard InChI is InChI=1S/C36H32N2SSi2.2C15H28O2.2Pt/c1-40(2,3)27-15-13-23-21-37-33(19-25(23)17-27)31-11-7-9-29-30-10-8-12-32(36(30)39-35(29)31)34-20-26-18-28(41(4,5)6)16-14-24(26)22-38-34;2*1-7-14(5,8-2)12(16)11-13(17)15(6,9-3)10-4;;/h7-10,13-22H,1-6H3;2*11,16H,7-10H2,1-6H3;;/q-2;;;;/b;2*12-11-;;. The van der Waals surface area contributed by atoms with E-state index in [4.69, 9.17) is 9.97 Å². The second kappa shape index (κ2) is 27.5. The van der Waals surface area contributed by atoms with Crippen LogP contribution < -0.4 is 10.4 Å². The van der Waals surface area contributed by atoms with E-state index in [1.54, 1.807) is 11.3 Å². The van der Waals surface area contributed by atoms with E-state index in [0.717, 1.165) is 73.9 Å². The van der Waals surface area contributed by atoms with Gasteiger partial charge in [-0.2, -0.15) is 0 Å². The van der Waals surface area contributed by atoms with Crippen molar-refractivity contribution in [2.24, 2.45) is 21.7 Å². The van der Waals surface area contributed by atoms with Gasteiger partial charge in [0.15, 0.2) is 11.6 Å². The average Bonchev–Trinajstić information content (AvgIpc) is 3.80. The molecule has 0 aliphatic carbocycles. The molecule has 77 heavy (non-hydrogen) atoms. The molecule has 0 spiro atoms. The molecule has 0 saturated carbocycles. The summed E-state index contributed by atoms with van der Waals surface area (Å²) in [5.74, 6) is 0.572. The van der Waals surface area contributed by atoms with Gasteiger partial charge in [-0.15, -0.1) is 58.3 Å². The summed E-state index contributed by atoms with van der Waals surface area (Å²) < 4.78 is 2.41. The molecule has 0 aliphatic heterocycles. The maximum Gasteiger partial charge on any atom is 0.164 e. The molecule has 7 aromatic rings. The minimum absolute atomic E-state index is 0. The van der Waals surface area contributed by atoms with Gasteiger partial charge in [-0.1, -0.05) is 191 Å². The quantitative estimate of drug-likeness (QED) is 0.0384. The van der Waals surface area contributed by atoms with E-state index in [9.17, 15) is 19.8 Å². The summed E-state index contributed by atoms with van der Waals surface area (Å²) in [5.41, 5.74) is 2.84. The molecule has 422 valence electrons. The zero-order valence-corrected chi connectivity index (χ0v) is 56.9. The molecule has 3 heterocycles. The fourth-order valence-electron chi connectivity index (χ4n) is 8.94. The van der Waals surface area contributed by atoms with E-state index in [1.165, 1.54) is 64.2 Å². The van der Waals surface area contributed by atoms with Crippen LogP contribution in [0.2, 0.25) is 39.3 Å². The van der Waals surface area contributed by atoms with Gasteiger partial charge in [0, 0.05) is 88.3 Å². The van der Waals surface area contributed by atoms with E-state index in [-0.39, 0.29) is 86.9 Å². The molecule has 4 aromatic carbocycles. The predicted molar refractivity (Wildman–Crippen MR) is 331 cm³/mol. The van der Waals surface area contributed by atoms with Crippen LogP contribution in [-0.2, 0) is 51.7 Å². The number of carbonyl (C=O) groups is 2. The topological polar surface area (TPSA) is 100 Å². The third-order valence-electron chi connectivity index (χ3n) is 17.3. The van der Waals surface area contributed by atoms with Crippen LogP contribution in [0.25, 0.3) is 64.2 Å². The van der Waals surface area contributed by atoms with Gasteiger partial charge in [-0.05, 0) is 84.3 Å². The molecule has 7 rings (SSSR count). The molecular weight excluding hydrogens is 1360 g/mol. The molecule has 0 amide bonds. The van der Waals surface area contributed by atoms with E-state index in [0.29, 0.717) is 0 Å². The third-order valence-corrected chi connectivity index (χ3v) is 22.6. The summed E-state index contributed by atoms with van der Waals surface area (Å²) in [6.07, 6.45) is 13.5. The zero-order chi connectivity index (χ0) is 55.9.